The summed E-state index contributed by atoms with van der Waals surface area (Å²) in [5, 5.41) is 8.80. The smallest absolute Gasteiger partial charge is 0.0299 e. The molecule has 1 aromatic carbocycles. The first-order valence-electron chi connectivity index (χ1n) is 5.01. The van der Waals surface area contributed by atoms with Gasteiger partial charge in [-0.15, -0.1) is 0 Å². The van der Waals surface area contributed by atoms with Crippen molar-refractivity contribution in [2.45, 2.75) is 38.6 Å². The average molecular weight is 193 g/mol. The van der Waals surface area contributed by atoms with Gasteiger partial charge >= 0.3 is 0 Å². The molecule has 0 aromatic heterocycles. The molecule has 0 saturated heterocycles. The largest absolute Gasteiger partial charge is 0.317 e. The van der Waals surface area contributed by atoms with Gasteiger partial charge in [-0.2, -0.15) is 0 Å². The summed E-state index contributed by atoms with van der Waals surface area (Å²) in [4.78, 5) is 0. The van der Waals surface area contributed by atoms with Gasteiger partial charge in [0.25, 0.3) is 0 Å². The van der Waals surface area contributed by atoms with E-state index in [1.807, 2.05) is 25.1 Å². The van der Waals surface area contributed by atoms with Gasteiger partial charge in [-0.1, -0.05) is 44.2 Å². The number of rotatable bonds is 4. The lowest BCUT2D eigenvalue weighted by atomic mass is 9.79. The summed E-state index contributed by atoms with van der Waals surface area (Å²) < 4.78 is 0. The molecule has 1 rings (SSSR count). The SMILES string of the molecule is CC(CC(C)(C)c1ccccc1)NO. The summed E-state index contributed by atoms with van der Waals surface area (Å²) in [5.41, 5.74) is 3.69. The molecule has 1 atom stereocenters. The molecule has 0 aliphatic carbocycles. The Bertz CT molecular complexity index is 269. The second-order valence-electron chi connectivity index (χ2n) is 4.48. The molecule has 14 heavy (non-hydrogen) atoms. The number of hydrogen-bond donors (Lipinski definition) is 2. The van der Waals surface area contributed by atoms with E-state index in [1.165, 1.54) is 5.56 Å². The van der Waals surface area contributed by atoms with Gasteiger partial charge in [-0.05, 0) is 24.3 Å². The van der Waals surface area contributed by atoms with Gasteiger partial charge in [0.15, 0.2) is 0 Å². The van der Waals surface area contributed by atoms with Gasteiger partial charge in [-0.3, -0.25) is 0 Å². The van der Waals surface area contributed by atoms with Crippen LogP contribution in [0.2, 0.25) is 0 Å². The van der Waals surface area contributed by atoms with Crippen LogP contribution >= 0.6 is 0 Å². The molecule has 2 N–H and O–H groups in total. The molecule has 0 spiro atoms. The van der Waals surface area contributed by atoms with Gasteiger partial charge in [0, 0.05) is 6.04 Å². The van der Waals surface area contributed by atoms with E-state index in [1.54, 1.807) is 0 Å². The van der Waals surface area contributed by atoms with Crippen LogP contribution in [0.25, 0.3) is 0 Å². The van der Waals surface area contributed by atoms with E-state index in [0.717, 1.165) is 6.42 Å². The van der Waals surface area contributed by atoms with Crippen molar-refractivity contribution < 1.29 is 5.21 Å². The lowest BCUT2D eigenvalue weighted by Crippen LogP contribution is -2.31. The van der Waals surface area contributed by atoms with Gasteiger partial charge in [-0.25, -0.2) is 5.48 Å². The minimum absolute atomic E-state index is 0.0937. The van der Waals surface area contributed by atoms with Crippen molar-refractivity contribution in [2.24, 2.45) is 0 Å². The Hall–Kier alpha value is -0.860. The van der Waals surface area contributed by atoms with Gasteiger partial charge in [0.05, 0.1) is 0 Å². The fourth-order valence-corrected chi connectivity index (χ4v) is 1.82. The monoisotopic (exact) mass is 193 g/mol. The summed E-state index contributed by atoms with van der Waals surface area (Å²) in [6.45, 7) is 6.36. The maximum Gasteiger partial charge on any atom is 0.0299 e. The second-order valence-corrected chi connectivity index (χ2v) is 4.48. The molecule has 0 heterocycles. The fraction of sp³-hybridized carbons (Fsp3) is 0.500. The lowest BCUT2D eigenvalue weighted by Gasteiger charge is -2.28. The topological polar surface area (TPSA) is 32.3 Å². The second kappa shape index (κ2) is 4.58. The minimum Gasteiger partial charge on any atom is -0.317 e. The fourth-order valence-electron chi connectivity index (χ4n) is 1.82. The normalized spacial score (nSPS) is 14.0. The lowest BCUT2D eigenvalue weighted by molar-refractivity contribution is 0.119. The Labute approximate surface area is 85.9 Å². The Balaban J connectivity index is 2.75. The van der Waals surface area contributed by atoms with Crippen LogP contribution in [0.4, 0.5) is 0 Å². The first-order chi connectivity index (χ1) is 6.56. The first kappa shape index (κ1) is 11.2. The van der Waals surface area contributed by atoms with Gasteiger partial charge in [0.1, 0.15) is 0 Å². The Kier molecular flexibility index (Phi) is 3.67. The number of hydroxylamine groups is 1. The van der Waals surface area contributed by atoms with Crippen molar-refractivity contribution in [3.63, 3.8) is 0 Å². The van der Waals surface area contributed by atoms with Crippen molar-refractivity contribution >= 4 is 0 Å². The zero-order valence-electron chi connectivity index (χ0n) is 9.12. The summed E-state index contributed by atoms with van der Waals surface area (Å²) in [7, 11) is 0. The molecular weight excluding hydrogens is 174 g/mol. The molecule has 0 fully saturated rings. The summed E-state index contributed by atoms with van der Waals surface area (Å²) in [5.74, 6) is 0. The van der Waals surface area contributed by atoms with E-state index in [-0.39, 0.29) is 11.5 Å². The van der Waals surface area contributed by atoms with Crippen LogP contribution in [-0.2, 0) is 5.41 Å². The summed E-state index contributed by atoms with van der Waals surface area (Å²) in [6.07, 6.45) is 0.910. The maximum atomic E-state index is 8.80. The van der Waals surface area contributed by atoms with Crippen molar-refractivity contribution in [3.8, 4) is 0 Å². The van der Waals surface area contributed by atoms with Crippen LogP contribution in [0, 0.1) is 0 Å². The van der Waals surface area contributed by atoms with Crippen LogP contribution in [0.15, 0.2) is 30.3 Å². The first-order valence-corrected chi connectivity index (χ1v) is 5.01. The van der Waals surface area contributed by atoms with E-state index in [2.05, 4.69) is 31.5 Å². The third kappa shape index (κ3) is 2.82. The molecule has 1 aromatic rings. The highest BCUT2D eigenvalue weighted by atomic mass is 16.5. The zero-order valence-corrected chi connectivity index (χ0v) is 9.12. The highest BCUT2D eigenvalue weighted by Gasteiger charge is 2.22. The van der Waals surface area contributed by atoms with Gasteiger partial charge < -0.3 is 5.21 Å². The molecule has 0 saturated carbocycles. The van der Waals surface area contributed by atoms with E-state index in [4.69, 9.17) is 5.21 Å². The van der Waals surface area contributed by atoms with Crippen LogP contribution < -0.4 is 5.48 Å². The number of benzene rings is 1. The molecular formula is C12H19NO. The molecule has 2 heteroatoms. The predicted molar refractivity (Wildman–Crippen MR) is 58.5 cm³/mol. The average Bonchev–Trinajstić information content (AvgIpc) is 2.18. The highest BCUT2D eigenvalue weighted by molar-refractivity contribution is 5.23. The third-order valence-corrected chi connectivity index (χ3v) is 2.59. The molecule has 0 radical (unpaired) electrons. The molecule has 0 aliphatic rings. The zero-order chi connectivity index (χ0) is 10.6. The molecule has 0 bridgehead atoms. The summed E-state index contributed by atoms with van der Waals surface area (Å²) in [6, 6.07) is 10.5. The number of nitrogens with one attached hydrogen (secondary N) is 1. The Morgan fingerprint density at radius 3 is 2.36 bits per heavy atom. The van der Waals surface area contributed by atoms with E-state index in [0.29, 0.717) is 0 Å². The van der Waals surface area contributed by atoms with Crippen LogP contribution in [-0.4, -0.2) is 11.2 Å². The van der Waals surface area contributed by atoms with Crippen molar-refractivity contribution in [3.05, 3.63) is 35.9 Å². The number of hydrogen-bond acceptors (Lipinski definition) is 2. The Morgan fingerprint density at radius 2 is 1.86 bits per heavy atom. The molecule has 2 nitrogen and oxygen atoms in total. The van der Waals surface area contributed by atoms with E-state index < -0.39 is 0 Å². The molecule has 0 amide bonds. The van der Waals surface area contributed by atoms with Gasteiger partial charge in [0.2, 0.25) is 0 Å². The third-order valence-electron chi connectivity index (χ3n) is 2.59. The Morgan fingerprint density at radius 1 is 1.29 bits per heavy atom. The predicted octanol–water partition coefficient (Wildman–Crippen LogP) is 2.72. The van der Waals surface area contributed by atoms with Crippen LogP contribution in [0.5, 0.6) is 0 Å². The van der Waals surface area contributed by atoms with E-state index >= 15 is 0 Å². The van der Waals surface area contributed by atoms with Crippen LogP contribution in [0.3, 0.4) is 0 Å². The standard InChI is InChI=1S/C12H19NO/c1-10(13-14)9-12(2,3)11-7-5-4-6-8-11/h4-8,10,13-14H,9H2,1-3H3. The van der Waals surface area contributed by atoms with Crippen molar-refractivity contribution in [1.29, 1.82) is 0 Å². The van der Waals surface area contributed by atoms with Crippen molar-refractivity contribution in [1.82, 2.24) is 5.48 Å². The quantitative estimate of drug-likeness (QED) is 0.721. The van der Waals surface area contributed by atoms with Crippen LogP contribution in [0.1, 0.15) is 32.8 Å². The molecule has 0 aliphatic heterocycles. The van der Waals surface area contributed by atoms with Crippen molar-refractivity contribution in [2.75, 3.05) is 0 Å². The maximum absolute atomic E-state index is 8.80. The highest BCUT2D eigenvalue weighted by Crippen LogP contribution is 2.27. The molecule has 1 unspecified atom stereocenters. The van der Waals surface area contributed by atoms with E-state index in [9.17, 15) is 0 Å². The summed E-state index contributed by atoms with van der Waals surface area (Å²) >= 11 is 0. The minimum atomic E-state index is 0.0937. The molecule has 78 valence electrons.